The largest absolute Gasteiger partial charge is 0.391 e. The first kappa shape index (κ1) is 16.0. The van der Waals surface area contributed by atoms with Crippen molar-refractivity contribution in [2.45, 2.75) is 17.4 Å². The van der Waals surface area contributed by atoms with Gasteiger partial charge in [-0.1, -0.05) is 54.1 Å². The Balaban J connectivity index is 1.97. The number of rotatable bonds is 6. The molecule has 0 spiro atoms. The maximum atomic E-state index is 12.1. The molecule has 2 N–H and O–H groups in total. The quantitative estimate of drug-likeness (QED) is 0.856. The molecule has 0 fully saturated rings. The summed E-state index contributed by atoms with van der Waals surface area (Å²) in [7, 11) is -3.72. The van der Waals surface area contributed by atoms with Crippen LogP contribution < -0.4 is 4.72 Å². The van der Waals surface area contributed by atoms with Crippen LogP contribution in [0.25, 0.3) is 0 Å². The van der Waals surface area contributed by atoms with Crippen LogP contribution in [-0.4, -0.2) is 26.2 Å². The summed E-state index contributed by atoms with van der Waals surface area (Å²) in [4.78, 5) is 0.0126. The maximum absolute atomic E-state index is 12.1. The van der Waals surface area contributed by atoms with E-state index < -0.39 is 16.1 Å². The van der Waals surface area contributed by atoms with Crippen LogP contribution in [0.15, 0.2) is 59.5 Å². The van der Waals surface area contributed by atoms with Crippen LogP contribution in [0.2, 0.25) is 5.02 Å². The van der Waals surface area contributed by atoms with Gasteiger partial charge in [-0.15, -0.1) is 0 Å². The summed E-state index contributed by atoms with van der Waals surface area (Å²) in [6.45, 7) is -0.0670. The van der Waals surface area contributed by atoms with Gasteiger partial charge in [0.25, 0.3) is 0 Å². The van der Waals surface area contributed by atoms with Crippen molar-refractivity contribution in [3.63, 3.8) is 0 Å². The molecule has 4 nitrogen and oxygen atoms in total. The summed E-state index contributed by atoms with van der Waals surface area (Å²) in [5.41, 5.74) is 0.946. The average molecular weight is 326 g/mol. The van der Waals surface area contributed by atoms with Gasteiger partial charge in [0, 0.05) is 6.54 Å². The number of benzene rings is 2. The van der Waals surface area contributed by atoms with Gasteiger partial charge < -0.3 is 5.11 Å². The standard InChI is InChI=1S/C15H16ClNO3S/c16-14-8-4-5-9-15(14)21(19,20)17-11-13(18)10-12-6-2-1-3-7-12/h1-9,13,17-18H,10-11H2. The van der Waals surface area contributed by atoms with Crippen molar-refractivity contribution in [1.29, 1.82) is 0 Å². The van der Waals surface area contributed by atoms with Gasteiger partial charge in [-0.05, 0) is 24.1 Å². The molecule has 21 heavy (non-hydrogen) atoms. The molecule has 1 atom stereocenters. The second kappa shape index (κ2) is 7.04. The molecule has 112 valence electrons. The molecule has 2 rings (SSSR count). The van der Waals surface area contributed by atoms with E-state index in [9.17, 15) is 13.5 Å². The minimum Gasteiger partial charge on any atom is -0.391 e. The van der Waals surface area contributed by atoms with Crippen molar-refractivity contribution >= 4 is 21.6 Å². The third-order valence-electron chi connectivity index (χ3n) is 2.95. The summed E-state index contributed by atoms with van der Waals surface area (Å²) < 4.78 is 26.6. The van der Waals surface area contributed by atoms with Crippen molar-refractivity contribution in [3.05, 3.63) is 65.2 Å². The van der Waals surface area contributed by atoms with E-state index in [-0.39, 0.29) is 16.5 Å². The third-order valence-corrected chi connectivity index (χ3v) is 4.87. The second-order valence-corrected chi connectivity index (χ2v) is 6.77. The molecule has 0 amide bonds. The lowest BCUT2D eigenvalue weighted by Crippen LogP contribution is -2.33. The molecule has 0 aliphatic carbocycles. The third kappa shape index (κ3) is 4.54. The Morgan fingerprint density at radius 3 is 2.33 bits per heavy atom. The van der Waals surface area contributed by atoms with Gasteiger partial charge in [0.05, 0.1) is 11.1 Å². The number of sulfonamides is 1. The SMILES string of the molecule is O=S(=O)(NCC(O)Cc1ccccc1)c1ccccc1Cl. The first-order valence-electron chi connectivity index (χ1n) is 6.45. The van der Waals surface area contributed by atoms with E-state index >= 15 is 0 Å². The van der Waals surface area contributed by atoms with Crippen LogP contribution in [0, 0.1) is 0 Å². The molecule has 0 radical (unpaired) electrons. The molecule has 0 saturated heterocycles. The van der Waals surface area contributed by atoms with E-state index in [1.54, 1.807) is 12.1 Å². The van der Waals surface area contributed by atoms with Gasteiger partial charge in [-0.25, -0.2) is 13.1 Å². The van der Waals surface area contributed by atoms with Gasteiger partial charge in [-0.2, -0.15) is 0 Å². The highest BCUT2D eigenvalue weighted by Crippen LogP contribution is 2.20. The topological polar surface area (TPSA) is 66.4 Å². The fourth-order valence-electron chi connectivity index (χ4n) is 1.90. The highest BCUT2D eigenvalue weighted by molar-refractivity contribution is 7.89. The van der Waals surface area contributed by atoms with E-state index in [0.717, 1.165) is 5.56 Å². The van der Waals surface area contributed by atoms with Crippen LogP contribution in [-0.2, 0) is 16.4 Å². The second-order valence-electron chi connectivity index (χ2n) is 4.63. The molecule has 1 unspecified atom stereocenters. The average Bonchev–Trinajstić information content (AvgIpc) is 2.47. The number of hydrogen-bond donors (Lipinski definition) is 2. The highest BCUT2D eigenvalue weighted by atomic mass is 35.5. The zero-order chi connectivity index (χ0) is 15.3. The lowest BCUT2D eigenvalue weighted by atomic mass is 10.1. The van der Waals surface area contributed by atoms with Crippen LogP contribution in [0.5, 0.6) is 0 Å². The van der Waals surface area contributed by atoms with E-state index in [0.29, 0.717) is 6.42 Å². The molecular formula is C15H16ClNO3S. The molecule has 2 aromatic rings. The van der Waals surface area contributed by atoms with Crippen molar-refractivity contribution in [1.82, 2.24) is 4.72 Å². The summed E-state index contributed by atoms with van der Waals surface area (Å²) in [5.74, 6) is 0. The molecule has 0 saturated carbocycles. The predicted molar refractivity (Wildman–Crippen MR) is 82.8 cm³/mol. The zero-order valence-corrected chi connectivity index (χ0v) is 12.8. The Kier molecular flexibility index (Phi) is 5.36. The van der Waals surface area contributed by atoms with Crippen molar-refractivity contribution in [2.24, 2.45) is 0 Å². The Bertz CT molecular complexity index is 689. The van der Waals surface area contributed by atoms with Gasteiger partial charge in [0.2, 0.25) is 10.0 Å². The molecule has 0 bridgehead atoms. The summed E-state index contributed by atoms with van der Waals surface area (Å²) in [6, 6.07) is 15.6. The fourth-order valence-corrected chi connectivity index (χ4v) is 3.49. The lowest BCUT2D eigenvalue weighted by Gasteiger charge is -2.13. The van der Waals surface area contributed by atoms with E-state index in [4.69, 9.17) is 11.6 Å². The van der Waals surface area contributed by atoms with Crippen molar-refractivity contribution in [2.75, 3.05) is 6.54 Å². The van der Waals surface area contributed by atoms with Gasteiger partial charge in [0.1, 0.15) is 4.90 Å². The first-order chi connectivity index (χ1) is 9.99. The molecule has 0 aromatic heterocycles. The van der Waals surface area contributed by atoms with Crippen LogP contribution in [0.3, 0.4) is 0 Å². The van der Waals surface area contributed by atoms with Crippen molar-refractivity contribution in [3.8, 4) is 0 Å². The lowest BCUT2D eigenvalue weighted by molar-refractivity contribution is 0.179. The van der Waals surface area contributed by atoms with Gasteiger partial charge in [-0.3, -0.25) is 0 Å². The molecule has 0 aliphatic rings. The number of hydrogen-bond acceptors (Lipinski definition) is 3. The van der Waals surface area contributed by atoms with Crippen LogP contribution in [0.1, 0.15) is 5.56 Å². The zero-order valence-electron chi connectivity index (χ0n) is 11.2. The van der Waals surface area contributed by atoms with E-state index in [1.165, 1.54) is 12.1 Å². The Hall–Kier alpha value is -1.40. The molecule has 0 aliphatic heterocycles. The van der Waals surface area contributed by atoms with E-state index in [1.807, 2.05) is 30.3 Å². The smallest absolute Gasteiger partial charge is 0.242 e. The van der Waals surface area contributed by atoms with Crippen LogP contribution in [0.4, 0.5) is 0 Å². The number of aliphatic hydroxyl groups excluding tert-OH is 1. The molecule has 6 heteroatoms. The Morgan fingerprint density at radius 1 is 1.05 bits per heavy atom. The first-order valence-corrected chi connectivity index (χ1v) is 8.31. The molecule has 2 aromatic carbocycles. The van der Waals surface area contributed by atoms with E-state index in [2.05, 4.69) is 4.72 Å². The van der Waals surface area contributed by atoms with Gasteiger partial charge >= 0.3 is 0 Å². The minimum absolute atomic E-state index is 0.0126. The number of aliphatic hydroxyl groups is 1. The van der Waals surface area contributed by atoms with Crippen molar-refractivity contribution < 1.29 is 13.5 Å². The predicted octanol–water partition coefficient (Wildman–Crippen LogP) is 2.22. The number of nitrogens with one attached hydrogen (secondary N) is 1. The summed E-state index contributed by atoms with van der Waals surface area (Å²) >= 11 is 5.87. The monoisotopic (exact) mass is 325 g/mol. The highest BCUT2D eigenvalue weighted by Gasteiger charge is 2.18. The Morgan fingerprint density at radius 2 is 1.67 bits per heavy atom. The number of halogens is 1. The van der Waals surface area contributed by atoms with Crippen LogP contribution >= 0.6 is 11.6 Å². The summed E-state index contributed by atoms with van der Waals surface area (Å²) in [5, 5.41) is 10.1. The fraction of sp³-hybridized carbons (Fsp3) is 0.200. The van der Waals surface area contributed by atoms with Gasteiger partial charge in [0.15, 0.2) is 0 Å². The normalized spacial score (nSPS) is 13.0. The minimum atomic E-state index is -3.72. The molecule has 0 heterocycles. The summed E-state index contributed by atoms with van der Waals surface area (Å²) in [6.07, 6.45) is -0.420. The Labute approximate surface area is 129 Å². The maximum Gasteiger partial charge on any atom is 0.242 e. The molecular weight excluding hydrogens is 310 g/mol.